The molecule has 2 amide bonds. The molecule has 138 valence electrons. The predicted octanol–water partition coefficient (Wildman–Crippen LogP) is 4.48. The number of aryl methyl sites for hydroxylation is 1. The summed E-state index contributed by atoms with van der Waals surface area (Å²) in [7, 11) is 1.64. The van der Waals surface area contributed by atoms with Crippen LogP contribution in [-0.2, 0) is 16.0 Å². The molecular formula is C20H23ClN2O2S. The number of hydrogen-bond acceptors (Lipinski definition) is 3. The molecule has 2 aromatic rings. The molecule has 0 bridgehead atoms. The Bertz CT molecular complexity index is 782. The standard InChI is InChI=1S/C20H23ClN2O2S/c1-4-15-8-5-6-11-18(15)22-19(24)13-23(3)20(25)14(2)26-17-10-7-9-16(21)12-17/h5-12,14H,4,13H2,1-3H3,(H,22,24). The predicted molar refractivity (Wildman–Crippen MR) is 109 cm³/mol. The maximum atomic E-state index is 12.5. The zero-order chi connectivity index (χ0) is 19.1. The van der Waals surface area contributed by atoms with Gasteiger partial charge >= 0.3 is 0 Å². The van der Waals surface area contributed by atoms with Gasteiger partial charge in [0.2, 0.25) is 11.8 Å². The lowest BCUT2D eigenvalue weighted by Gasteiger charge is -2.21. The van der Waals surface area contributed by atoms with Crippen LogP contribution in [0.2, 0.25) is 5.02 Å². The number of carbonyl (C=O) groups is 2. The minimum absolute atomic E-state index is 0.0112. The number of likely N-dealkylation sites (N-methyl/N-ethyl adjacent to an activating group) is 1. The number of hydrogen-bond donors (Lipinski definition) is 1. The number of thioether (sulfide) groups is 1. The second-order valence-electron chi connectivity index (χ2n) is 5.97. The van der Waals surface area contributed by atoms with Gasteiger partial charge in [0, 0.05) is 22.7 Å². The average Bonchev–Trinajstić information content (AvgIpc) is 2.61. The van der Waals surface area contributed by atoms with E-state index in [-0.39, 0.29) is 23.6 Å². The first kappa shape index (κ1) is 20.3. The smallest absolute Gasteiger partial charge is 0.243 e. The van der Waals surface area contributed by atoms with E-state index in [9.17, 15) is 9.59 Å². The van der Waals surface area contributed by atoms with Crippen LogP contribution < -0.4 is 5.32 Å². The lowest BCUT2D eigenvalue weighted by molar-refractivity contribution is -0.132. The largest absolute Gasteiger partial charge is 0.335 e. The topological polar surface area (TPSA) is 49.4 Å². The van der Waals surface area contributed by atoms with Gasteiger partial charge in [-0.05, 0) is 43.2 Å². The van der Waals surface area contributed by atoms with Crippen molar-refractivity contribution in [1.29, 1.82) is 0 Å². The average molecular weight is 391 g/mol. The molecule has 2 rings (SSSR count). The monoisotopic (exact) mass is 390 g/mol. The van der Waals surface area contributed by atoms with E-state index in [1.807, 2.05) is 56.3 Å². The molecule has 0 radical (unpaired) electrons. The van der Waals surface area contributed by atoms with Gasteiger partial charge in [0.05, 0.1) is 11.8 Å². The number of rotatable bonds is 7. The third-order valence-corrected chi connectivity index (χ3v) is 5.20. The van der Waals surface area contributed by atoms with Crippen LogP contribution in [0.15, 0.2) is 53.4 Å². The first-order valence-electron chi connectivity index (χ1n) is 8.45. The minimum Gasteiger partial charge on any atom is -0.335 e. The number of anilines is 1. The Kier molecular flexibility index (Phi) is 7.54. The zero-order valence-electron chi connectivity index (χ0n) is 15.2. The minimum atomic E-state index is -0.311. The van der Waals surface area contributed by atoms with Gasteiger partial charge in [0.25, 0.3) is 0 Å². The number of amides is 2. The molecule has 0 spiro atoms. The van der Waals surface area contributed by atoms with E-state index in [0.29, 0.717) is 5.02 Å². The molecule has 0 heterocycles. The van der Waals surface area contributed by atoms with Crippen LogP contribution in [0.1, 0.15) is 19.4 Å². The molecule has 0 aliphatic heterocycles. The highest BCUT2D eigenvalue weighted by Crippen LogP contribution is 2.26. The molecular weight excluding hydrogens is 368 g/mol. The molecule has 6 heteroatoms. The summed E-state index contributed by atoms with van der Waals surface area (Å²) < 4.78 is 0. The summed E-state index contributed by atoms with van der Waals surface area (Å²) in [5.74, 6) is -0.310. The highest BCUT2D eigenvalue weighted by atomic mass is 35.5. The molecule has 0 aliphatic carbocycles. The quantitative estimate of drug-likeness (QED) is 0.709. The fraction of sp³-hybridized carbons (Fsp3) is 0.300. The third-order valence-electron chi connectivity index (χ3n) is 3.89. The fourth-order valence-corrected chi connectivity index (χ4v) is 3.83. The number of para-hydroxylation sites is 1. The SMILES string of the molecule is CCc1ccccc1NC(=O)CN(C)C(=O)C(C)Sc1cccc(Cl)c1. The van der Waals surface area contributed by atoms with Gasteiger partial charge in [-0.2, -0.15) is 0 Å². The molecule has 0 aromatic heterocycles. The molecule has 2 aromatic carbocycles. The molecule has 1 atom stereocenters. The summed E-state index contributed by atoms with van der Waals surface area (Å²) in [6, 6.07) is 15.1. The van der Waals surface area contributed by atoms with Crippen molar-refractivity contribution in [1.82, 2.24) is 4.90 Å². The molecule has 0 saturated heterocycles. The van der Waals surface area contributed by atoms with Gasteiger partial charge in [-0.15, -0.1) is 11.8 Å². The van der Waals surface area contributed by atoms with Crippen molar-refractivity contribution in [3.05, 3.63) is 59.1 Å². The zero-order valence-corrected chi connectivity index (χ0v) is 16.7. The van der Waals surface area contributed by atoms with Gasteiger partial charge in [0.1, 0.15) is 0 Å². The Morgan fingerprint density at radius 3 is 2.62 bits per heavy atom. The van der Waals surface area contributed by atoms with Crippen molar-refractivity contribution in [3.63, 3.8) is 0 Å². The van der Waals surface area contributed by atoms with Crippen LogP contribution in [0.25, 0.3) is 0 Å². The molecule has 1 unspecified atom stereocenters. The van der Waals surface area contributed by atoms with E-state index in [4.69, 9.17) is 11.6 Å². The lowest BCUT2D eigenvalue weighted by Crippen LogP contribution is -2.39. The van der Waals surface area contributed by atoms with E-state index in [2.05, 4.69) is 5.32 Å². The van der Waals surface area contributed by atoms with Crippen LogP contribution in [0, 0.1) is 0 Å². The molecule has 0 aliphatic rings. The number of nitrogens with one attached hydrogen (secondary N) is 1. The van der Waals surface area contributed by atoms with Gasteiger partial charge in [0.15, 0.2) is 0 Å². The summed E-state index contributed by atoms with van der Waals surface area (Å²) in [5, 5.41) is 3.21. The van der Waals surface area contributed by atoms with E-state index in [1.165, 1.54) is 16.7 Å². The van der Waals surface area contributed by atoms with Crippen LogP contribution in [0.3, 0.4) is 0 Å². The van der Waals surface area contributed by atoms with Crippen molar-refractivity contribution < 1.29 is 9.59 Å². The van der Waals surface area contributed by atoms with Crippen LogP contribution >= 0.6 is 23.4 Å². The first-order chi connectivity index (χ1) is 12.4. The van der Waals surface area contributed by atoms with E-state index >= 15 is 0 Å². The number of halogens is 1. The van der Waals surface area contributed by atoms with E-state index in [0.717, 1.165) is 22.6 Å². The molecule has 0 saturated carbocycles. The Morgan fingerprint density at radius 1 is 1.19 bits per heavy atom. The Morgan fingerprint density at radius 2 is 1.92 bits per heavy atom. The first-order valence-corrected chi connectivity index (χ1v) is 9.71. The Labute approximate surface area is 163 Å². The Hall–Kier alpha value is -1.98. The van der Waals surface area contributed by atoms with E-state index in [1.54, 1.807) is 13.1 Å². The number of nitrogens with zero attached hydrogens (tertiary/aromatic N) is 1. The summed E-state index contributed by atoms with van der Waals surface area (Å²) in [5.41, 5.74) is 1.86. The highest BCUT2D eigenvalue weighted by molar-refractivity contribution is 8.00. The maximum Gasteiger partial charge on any atom is 0.243 e. The molecule has 26 heavy (non-hydrogen) atoms. The van der Waals surface area contributed by atoms with Gasteiger partial charge < -0.3 is 10.2 Å². The van der Waals surface area contributed by atoms with Crippen LogP contribution in [0.5, 0.6) is 0 Å². The summed E-state index contributed by atoms with van der Waals surface area (Å²) >= 11 is 7.40. The Balaban J connectivity index is 1.92. The van der Waals surface area contributed by atoms with Crippen molar-refractivity contribution in [2.24, 2.45) is 0 Å². The maximum absolute atomic E-state index is 12.5. The normalized spacial score (nSPS) is 11.7. The highest BCUT2D eigenvalue weighted by Gasteiger charge is 2.21. The third kappa shape index (κ3) is 5.78. The van der Waals surface area contributed by atoms with Gasteiger partial charge in [-0.3, -0.25) is 9.59 Å². The van der Waals surface area contributed by atoms with E-state index < -0.39 is 0 Å². The number of carbonyl (C=O) groups excluding carboxylic acids is 2. The number of benzene rings is 2. The van der Waals surface area contributed by atoms with Crippen molar-refractivity contribution in [2.45, 2.75) is 30.4 Å². The summed E-state index contributed by atoms with van der Waals surface area (Å²) in [6.45, 7) is 3.88. The fourth-order valence-electron chi connectivity index (χ4n) is 2.54. The van der Waals surface area contributed by atoms with Crippen molar-refractivity contribution in [3.8, 4) is 0 Å². The second kappa shape index (κ2) is 9.64. The molecule has 1 N–H and O–H groups in total. The molecule has 4 nitrogen and oxygen atoms in total. The van der Waals surface area contributed by atoms with Crippen LogP contribution in [-0.4, -0.2) is 35.6 Å². The van der Waals surface area contributed by atoms with Gasteiger partial charge in [-0.1, -0.05) is 42.8 Å². The lowest BCUT2D eigenvalue weighted by atomic mass is 10.1. The second-order valence-corrected chi connectivity index (χ2v) is 7.82. The van der Waals surface area contributed by atoms with Gasteiger partial charge in [-0.25, -0.2) is 0 Å². The van der Waals surface area contributed by atoms with Crippen LogP contribution in [0.4, 0.5) is 5.69 Å². The van der Waals surface area contributed by atoms with Crippen molar-refractivity contribution in [2.75, 3.05) is 18.9 Å². The molecule has 0 fully saturated rings. The summed E-state index contributed by atoms with van der Waals surface area (Å²) in [6.07, 6.45) is 0.832. The van der Waals surface area contributed by atoms with Crippen molar-refractivity contribution >= 4 is 40.9 Å². The summed E-state index contributed by atoms with van der Waals surface area (Å²) in [4.78, 5) is 27.2.